The zero-order valence-corrected chi connectivity index (χ0v) is 15.9. The molecule has 1 unspecified atom stereocenters. The normalized spacial score (nSPS) is 25.7. The fraction of sp³-hybridized carbons (Fsp3) is 0.556. The van der Waals surface area contributed by atoms with E-state index in [1.54, 1.807) is 16.4 Å². The largest absolute Gasteiger partial charge is 0.353 e. The van der Waals surface area contributed by atoms with E-state index in [2.05, 4.69) is 10.6 Å². The van der Waals surface area contributed by atoms with Crippen molar-refractivity contribution in [1.29, 1.82) is 0 Å². The molecule has 2 aliphatic heterocycles. The number of rotatable bonds is 5. The summed E-state index contributed by atoms with van der Waals surface area (Å²) in [5, 5.41) is 5.75. The van der Waals surface area contributed by atoms with Crippen LogP contribution in [0.4, 0.5) is 5.69 Å². The average Bonchev–Trinajstić information content (AvgIpc) is 2.81. The van der Waals surface area contributed by atoms with Crippen molar-refractivity contribution >= 4 is 27.5 Å². The van der Waals surface area contributed by atoms with Gasteiger partial charge in [-0.05, 0) is 43.4 Å². The first kappa shape index (κ1) is 18.8. The lowest BCUT2D eigenvalue weighted by Crippen LogP contribution is -2.52. The van der Waals surface area contributed by atoms with Crippen LogP contribution >= 0.6 is 0 Å². The Hall–Kier alpha value is -1.93. The first-order valence-corrected chi connectivity index (χ1v) is 10.7. The Bertz CT molecular complexity index is 777. The number of carbonyl (C=O) groups excluding carboxylic acids is 2. The predicted molar refractivity (Wildman–Crippen MR) is 99.1 cm³/mol. The summed E-state index contributed by atoms with van der Waals surface area (Å²) in [7, 11) is -3.18. The number of nitrogens with zero attached hydrogens (tertiary/aromatic N) is 1. The molecule has 2 saturated heterocycles. The van der Waals surface area contributed by atoms with E-state index in [1.165, 1.54) is 13.2 Å². The minimum absolute atomic E-state index is 0.00555. The molecule has 0 radical (unpaired) electrons. The maximum atomic E-state index is 12.3. The number of carbonyl (C=O) groups is 2. The Morgan fingerprint density at radius 1 is 1.12 bits per heavy atom. The third kappa shape index (κ3) is 4.42. The molecule has 142 valence electrons. The van der Waals surface area contributed by atoms with Crippen LogP contribution < -0.4 is 10.6 Å². The number of piperidine rings is 1. The van der Waals surface area contributed by atoms with Crippen molar-refractivity contribution in [3.8, 4) is 0 Å². The summed E-state index contributed by atoms with van der Waals surface area (Å²) in [5.74, 6) is -0.194. The summed E-state index contributed by atoms with van der Waals surface area (Å²) >= 11 is 0. The minimum atomic E-state index is -3.18. The molecule has 2 fully saturated rings. The second kappa shape index (κ2) is 7.36. The van der Waals surface area contributed by atoms with Gasteiger partial charge in [0, 0.05) is 30.7 Å². The maximum Gasteiger partial charge on any atom is 0.224 e. The second-order valence-electron chi connectivity index (χ2n) is 7.27. The predicted octanol–water partition coefficient (Wildman–Crippen LogP) is 1.26. The first-order valence-electron chi connectivity index (χ1n) is 8.87. The monoisotopic (exact) mass is 379 g/mol. The summed E-state index contributed by atoms with van der Waals surface area (Å²) in [6, 6.07) is 7.22. The summed E-state index contributed by atoms with van der Waals surface area (Å²) in [6.07, 6.45) is 4.63. The van der Waals surface area contributed by atoms with Crippen LogP contribution in [0.1, 0.15) is 38.2 Å². The first-order chi connectivity index (χ1) is 12.2. The Kier molecular flexibility index (Phi) is 5.34. The molecule has 2 amide bonds. The number of fused-ring (bicyclic) bond motifs is 2. The molecule has 3 atom stereocenters. The molecule has 2 heterocycles. The highest BCUT2D eigenvalue weighted by atomic mass is 32.2. The molecule has 7 nitrogen and oxygen atoms in total. The van der Waals surface area contributed by atoms with Crippen LogP contribution in [-0.4, -0.2) is 48.9 Å². The molecule has 1 aromatic rings. The Labute approximate surface area is 154 Å². The van der Waals surface area contributed by atoms with Crippen molar-refractivity contribution in [2.75, 3.05) is 11.6 Å². The van der Waals surface area contributed by atoms with Crippen LogP contribution in [0.15, 0.2) is 24.3 Å². The third-order valence-corrected chi connectivity index (χ3v) is 6.42. The second-order valence-corrected chi connectivity index (χ2v) is 9.16. The van der Waals surface area contributed by atoms with Crippen molar-refractivity contribution in [2.24, 2.45) is 0 Å². The van der Waals surface area contributed by atoms with Gasteiger partial charge in [-0.2, -0.15) is 4.31 Å². The molecule has 2 aliphatic rings. The molecule has 8 heteroatoms. The molecule has 26 heavy (non-hydrogen) atoms. The van der Waals surface area contributed by atoms with Crippen molar-refractivity contribution in [3.05, 3.63) is 29.8 Å². The topological polar surface area (TPSA) is 95.6 Å². The summed E-state index contributed by atoms with van der Waals surface area (Å²) < 4.78 is 25.5. The van der Waals surface area contributed by atoms with Gasteiger partial charge in [0.25, 0.3) is 0 Å². The van der Waals surface area contributed by atoms with E-state index < -0.39 is 10.0 Å². The maximum absolute atomic E-state index is 12.3. The van der Waals surface area contributed by atoms with Gasteiger partial charge in [0.05, 0.1) is 12.7 Å². The zero-order valence-electron chi connectivity index (χ0n) is 15.1. The molecule has 2 bridgehead atoms. The molecule has 0 saturated carbocycles. The van der Waals surface area contributed by atoms with E-state index >= 15 is 0 Å². The summed E-state index contributed by atoms with van der Waals surface area (Å²) in [4.78, 5) is 23.4. The lowest BCUT2D eigenvalue weighted by atomic mass is 9.99. The van der Waals surface area contributed by atoms with Crippen LogP contribution in [0.3, 0.4) is 0 Å². The van der Waals surface area contributed by atoms with Gasteiger partial charge in [0.1, 0.15) is 0 Å². The number of benzene rings is 1. The van der Waals surface area contributed by atoms with E-state index in [9.17, 15) is 18.0 Å². The van der Waals surface area contributed by atoms with Gasteiger partial charge < -0.3 is 10.6 Å². The summed E-state index contributed by atoms with van der Waals surface area (Å²) in [5.41, 5.74) is 1.57. The molecule has 3 rings (SSSR count). The lowest BCUT2D eigenvalue weighted by molar-refractivity contribution is -0.121. The number of anilines is 1. The fourth-order valence-corrected chi connectivity index (χ4v) is 5.63. The fourth-order valence-electron chi connectivity index (χ4n) is 4.17. The Morgan fingerprint density at radius 2 is 1.69 bits per heavy atom. The Morgan fingerprint density at radius 3 is 2.19 bits per heavy atom. The van der Waals surface area contributed by atoms with Crippen LogP contribution in [-0.2, 0) is 26.0 Å². The quantitative estimate of drug-likeness (QED) is 0.805. The van der Waals surface area contributed by atoms with Gasteiger partial charge in [0.2, 0.25) is 21.8 Å². The molecule has 1 aromatic carbocycles. The average molecular weight is 379 g/mol. The highest BCUT2D eigenvalue weighted by molar-refractivity contribution is 7.88. The van der Waals surface area contributed by atoms with Crippen molar-refractivity contribution in [1.82, 2.24) is 9.62 Å². The van der Waals surface area contributed by atoms with E-state index in [-0.39, 0.29) is 36.4 Å². The number of amides is 2. The van der Waals surface area contributed by atoms with E-state index in [0.717, 1.165) is 18.4 Å². The highest BCUT2D eigenvalue weighted by Crippen LogP contribution is 2.37. The molecular formula is C18H25N3O4S. The molecule has 0 spiro atoms. The standard InChI is InChI=1S/C18H25N3O4S/c1-12(22)19-14-5-3-13(4-6-14)9-18(23)20-15-10-16-7-8-17(11-15)21(16)26(2,24)25/h3-6,15-17H,7-11H2,1-2H3,(H,19,22)(H,20,23)/t15?,16-,17+. The summed E-state index contributed by atoms with van der Waals surface area (Å²) in [6.45, 7) is 1.45. The van der Waals surface area contributed by atoms with Gasteiger partial charge in [-0.25, -0.2) is 8.42 Å². The van der Waals surface area contributed by atoms with Gasteiger partial charge in [0.15, 0.2) is 0 Å². The number of sulfonamides is 1. The SMILES string of the molecule is CC(=O)Nc1ccc(CC(=O)NC2C[C@H]3CC[C@@H](C2)N3S(C)(=O)=O)cc1. The van der Waals surface area contributed by atoms with Crippen LogP contribution in [0.5, 0.6) is 0 Å². The van der Waals surface area contributed by atoms with E-state index in [1.807, 2.05) is 12.1 Å². The minimum Gasteiger partial charge on any atom is -0.353 e. The Balaban J connectivity index is 1.54. The molecule has 0 aromatic heterocycles. The van der Waals surface area contributed by atoms with Crippen LogP contribution in [0.2, 0.25) is 0 Å². The third-order valence-electron chi connectivity index (χ3n) is 5.05. The van der Waals surface area contributed by atoms with Crippen molar-refractivity contribution in [2.45, 2.75) is 57.2 Å². The van der Waals surface area contributed by atoms with Gasteiger partial charge in [-0.1, -0.05) is 12.1 Å². The zero-order chi connectivity index (χ0) is 18.9. The number of nitrogens with one attached hydrogen (secondary N) is 2. The van der Waals surface area contributed by atoms with Gasteiger partial charge >= 0.3 is 0 Å². The van der Waals surface area contributed by atoms with Gasteiger partial charge in [-0.15, -0.1) is 0 Å². The number of hydrogen-bond donors (Lipinski definition) is 2. The smallest absolute Gasteiger partial charge is 0.224 e. The molecular weight excluding hydrogens is 354 g/mol. The number of hydrogen-bond acceptors (Lipinski definition) is 4. The highest BCUT2D eigenvalue weighted by Gasteiger charge is 2.45. The molecule has 2 N–H and O–H groups in total. The van der Waals surface area contributed by atoms with Crippen LogP contribution in [0.25, 0.3) is 0 Å². The molecule has 0 aliphatic carbocycles. The van der Waals surface area contributed by atoms with Gasteiger partial charge in [-0.3, -0.25) is 9.59 Å². The van der Waals surface area contributed by atoms with Crippen molar-refractivity contribution in [3.63, 3.8) is 0 Å². The van der Waals surface area contributed by atoms with Crippen LogP contribution in [0, 0.1) is 0 Å². The lowest BCUT2D eigenvalue weighted by Gasteiger charge is -2.37. The van der Waals surface area contributed by atoms with E-state index in [0.29, 0.717) is 18.5 Å². The van der Waals surface area contributed by atoms with E-state index in [4.69, 9.17) is 0 Å². The van der Waals surface area contributed by atoms with Crippen molar-refractivity contribution < 1.29 is 18.0 Å².